The number of hydrogen-bond acceptors (Lipinski definition) is 2. The number of nitrogens with zero attached hydrogens (tertiary/aromatic N) is 2. The van der Waals surface area contributed by atoms with E-state index in [-0.39, 0.29) is 0 Å². The first-order valence-corrected chi connectivity index (χ1v) is 8.56. The zero-order chi connectivity index (χ0) is 15.4. The lowest BCUT2D eigenvalue weighted by Gasteiger charge is -2.11. The molecule has 1 aromatic carbocycles. The highest BCUT2D eigenvalue weighted by Gasteiger charge is 2.24. The van der Waals surface area contributed by atoms with E-state index in [4.69, 9.17) is 0 Å². The summed E-state index contributed by atoms with van der Waals surface area (Å²) in [5.41, 5.74) is 2.70. The predicted molar refractivity (Wildman–Crippen MR) is 86.8 cm³/mol. The minimum Gasteiger partial charge on any atom is -0.428 e. The molecule has 0 aliphatic heterocycles. The summed E-state index contributed by atoms with van der Waals surface area (Å²) in [5.74, 6) is 0. The zero-order valence-corrected chi connectivity index (χ0v) is 13.1. The molecule has 0 unspecified atom stereocenters. The van der Waals surface area contributed by atoms with Crippen LogP contribution in [0.5, 0.6) is 0 Å². The Balaban J connectivity index is 2.06. The molecule has 4 nitrogen and oxygen atoms in total. The van der Waals surface area contributed by atoms with E-state index >= 15 is 0 Å². The van der Waals surface area contributed by atoms with Crippen molar-refractivity contribution in [3.8, 4) is 0 Å². The third kappa shape index (κ3) is 3.01. The smallest absolute Gasteiger partial charge is 0.290 e. The highest BCUT2D eigenvalue weighted by atomic mass is 16.5. The first-order valence-electron chi connectivity index (χ1n) is 8.56. The van der Waals surface area contributed by atoms with Crippen LogP contribution >= 0.6 is 0 Å². The fourth-order valence-corrected chi connectivity index (χ4v) is 3.49. The van der Waals surface area contributed by atoms with E-state index in [9.17, 15) is 10.1 Å². The zero-order valence-electron chi connectivity index (χ0n) is 13.1. The summed E-state index contributed by atoms with van der Waals surface area (Å²) in [6.07, 6.45) is 11.0. The van der Waals surface area contributed by atoms with Gasteiger partial charge in [-0.2, -0.15) is 4.73 Å². The van der Waals surface area contributed by atoms with Crippen LogP contribution in [0.1, 0.15) is 62.8 Å². The molecule has 3 rings (SSSR count). The molecular formula is C18H25N2O2+. The van der Waals surface area contributed by atoms with Crippen LogP contribution in [0.4, 0.5) is 0 Å². The van der Waals surface area contributed by atoms with Gasteiger partial charge in [-0.15, -0.1) is 0 Å². The lowest BCUT2D eigenvalue weighted by molar-refractivity contribution is -0.476. The van der Waals surface area contributed by atoms with Gasteiger partial charge in [-0.1, -0.05) is 50.7 Å². The number of fused-ring (bicyclic) bond motifs is 2. The summed E-state index contributed by atoms with van der Waals surface area (Å²) in [7, 11) is 0. The second kappa shape index (κ2) is 6.95. The van der Waals surface area contributed by atoms with Gasteiger partial charge in [0.2, 0.25) is 0 Å². The average Bonchev–Trinajstić information content (AvgIpc) is 2.53. The topological polar surface area (TPSA) is 48.1 Å². The molecule has 0 amide bonds. The molecule has 1 aliphatic rings. The molecule has 1 N–H and O–H groups in total. The van der Waals surface area contributed by atoms with Crippen LogP contribution in [-0.2, 0) is 12.8 Å². The molecule has 0 saturated heterocycles. The largest absolute Gasteiger partial charge is 0.428 e. The van der Waals surface area contributed by atoms with E-state index in [1.807, 2.05) is 12.1 Å². The van der Waals surface area contributed by atoms with E-state index in [2.05, 4.69) is 0 Å². The van der Waals surface area contributed by atoms with Crippen molar-refractivity contribution >= 4 is 11.0 Å². The number of aromatic nitrogens is 2. The van der Waals surface area contributed by atoms with Gasteiger partial charge in [0, 0.05) is 17.4 Å². The summed E-state index contributed by atoms with van der Waals surface area (Å²) < 4.78 is 2.30. The Morgan fingerprint density at radius 3 is 2.18 bits per heavy atom. The van der Waals surface area contributed by atoms with Gasteiger partial charge in [0.25, 0.3) is 11.2 Å². The first-order chi connectivity index (χ1) is 10.8. The van der Waals surface area contributed by atoms with Crippen molar-refractivity contribution in [2.75, 3.05) is 0 Å². The lowest BCUT2D eigenvalue weighted by atomic mass is 10.0. The Morgan fingerprint density at radius 1 is 0.864 bits per heavy atom. The third-order valence-electron chi connectivity index (χ3n) is 4.74. The number of hydrogen-bond donors (Lipinski definition) is 1. The highest BCUT2D eigenvalue weighted by molar-refractivity contribution is 5.71. The Bertz CT molecular complexity index is 706. The van der Waals surface area contributed by atoms with Gasteiger partial charge < -0.3 is 5.21 Å². The average molecular weight is 301 g/mol. The normalized spacial score (nSPS) is 17.5. The van der Waals surface area contributed by atoms with Gasteiger partial charge in [0.15, 0.2) is 5.52 Å². The van der Waals surface area contributed by atoms with Crippen molar-refractivity contribution in [2.45, 2.75) is 64.2 Å². The number of benzene rings is 1. The molecule has 118 valence electrons. The summed E-state index contributed by atoms with van der Waals surface area (Å²) in [5, 5.41) is 10.6. The van der Waals surface area contributed by atoms with E-state index < -0.39 is 0 Å². The Labute approximate surface area is 131 Å². The van der Waals surface area contributed by atoms with E-state index in [0.29, 0.717) is 11.0 Å². The standard InChI is InChI=1S/C18H25N2O2/c21-19-15-11-7-5-3-1-2-4-6-8-12-16(15)20(22)18-14-10-9-13-17(18)19/h9-10,13-14,21H,1-8,11-12H2/q+1. The maximum atomic E-state index is 12.7. The maximum Gasteiger partial charge on any atom is 0.290 e. The van der Waals surface area contributed by atoms with Crippen LogP contribution in [0, 0.1) is 4.91 Å². The highest BCUT2D eigenvalue weighted by Crippen LogP contribution is 2.20. The van der Waals surface area contributed by atoms with Gasteiger partial charge >= 0.3 is 0 Å². The third-order valence-corrected chi connectivity index (χ3v) is 4.74. The molecule has 0 atom stereocenters. The summed E-state index contributed by atoms with van der Waals surface area (Å²) in [6, 6.07) is 7.29. The second-order valence-electron chi connectivity index (χ2n) is 6.32. The van der Waals surface area contributed by atoms with Gasteiger partial charge in [0.05, 0.1) is 4.43 Å². The number of rotatable bonds is 0. The Hall–Kier alpha value is -1.84. The van der Waals surface area contributed by atoms with E-state index in [0.717, 1.165) is 47.9 Å². The monoisotopic (exact) mass is 301 g/mol. The van der Waals surface area contributed by atoms with E-state index in [1.165, 1.54) is 36.8 Å². The Morgan fingerprint density at radius 2 is 1.45 bits per heavy atom. The minimum absolute atomic E-state index is 0.552. The quantitative estimate of drug-likeness (QED) is 0.590. The summed E-state index contributed by atoms with van der Waals surface area (Å²) in [6.45, 7) is 0. The van der Waals surface area contributed by atoms with Crippen LogP contribution in [-0.4, -0.2) is 9.94 Å². The van der Waals surface area contributed by atoms with Gasteiger partial charge in [0.1, 0.15) is 5.69 Å². The fourth-order valence-electron chi connectivity index (χ4n) is 3.49. The molecule has 1 aliphatic carbocycles. The van der Waals surface area contributed by atoms with Crippen molar-refractivity contribution in [3.63, 3.8) is 0 Å². The SMILES string of the molecule is O=[n+]1c2c(n(O)c3ccccc31)CCCCCCCCCC2. The lowest BCUT2D eigenvalue weighted by Crippen LogP contribution is -2.28. The van der Waals surface area contributed by atoms with Gasteiger partial charge in [-0.25, -0.2) is 0 Å². The van der Waals surface area contributed by atoms with E-state index in [1.54, 1.807) is 12.1 Å². The molecule has 0 bridgehead atoms. The van der Waals surface area contributed by atoms with Gasteiger partial charge in [-0.3, -0.25) is 0 Å². The van der Waals surface area contributed by atoms with Crippen LogP contribution in [0.3, 0.4) is 0 Å². The first kappa shape index (κ1) is 15.1. The van der Waals surface area contributed by atoms with Crippen LogP contribution < -0.4 is 4.43 Å². The van der Waals surface area contributed by atoms with Crippen molar-refractivity contribution in [1.82, 2.24) is 4.73 Å². The molecular weight excluding hydrogens is 276 g/mol. The molecule has 22 heavy (non-hydrogen) atoms. The van der Waals surface area contributed by atoms with Crippen LogP contribution in [0.25, 0.3) is 11.0 Å². The van der Waals surface area contributed by atoms with Crippen molar-refractivity contribution in [3.05, 3.63) is 40.6 Å². The van der Waals surface area contributed by atoms with Crippen molar-refractivity contribution in [1.29, 1.82) is 0 Å². The molecule has 0 saturated carbocycles. The molecule has 1 heterocycles. The minimum atomic E-state index is 0.552. The molecule has 4 heteroatoms. The summed E-state index contributed by atoms with van der Waals surface area (Å²) >= 11 is 0. The molecule has 0 fully saturated rings. The molecule has 1 aromatic heterocycles. The molecule has 2 aromatic rings. The van der Waals surface area contributed by atoms with Crippen molar-refractivity contribution in [2.24, 2.45) is 0 Å². The maximum absolute atomic E-state index is 12.7. The fraction of sp³-hybridized carbons (Fsp3) is 0.556. The van der Waals surface area contributed by atoms with Crippen LogP contribution in [0.15, 0.2) is 24.3 Å². The summed E-state index contributed by atoms with van der Waals surface area (Å²) in [4.78, 5) is 12.7. The van der Waals surface area contributed by atoms with Crippen LogP contribution in [0.2, 0.25) is 0 Å². The van der Waals surface area contributed by atoms with Gasteiger partial charge in [-0.05, 0) is 25.3 Å². The number of para-hydroxylation sites is 2. The predicted octanol–water partition coefficient (Wildman–Crippen LogP) is 4.01. The van der Waals surface area contributed by atoms with Crippen molar-refractivity contribution < 1.29 is 9.63 Å². The molecule has 0 radical (unpaired) electrons. The molecule has 0 spiro atoms. The second-order valence-corrected chi connectivity index (χ2v) is 6.32. The Kier molecular flexibility index (Phi) is 4.76.